The van der Waals surface area contributed by atoms with Crippen LogP contribution in [-0.2, 0) is 34.0 Å². The summed E-state index contributed by atoms with van der Waals surface area (Å²) in [6, 6.07) is 79.9. The lowest BCUT2D eigenvalue weighted by Gasteiger charge is -2.16. The van der Waals surface area contributed by atoms with Crippen molar-refractivity contribution in [1.82, 2.24) is 13.7 Å². The number of aromatic nitrogens is 3. The number of aryl methyl sites for hydroxylation is 6. The molecule has 3 heterocycles. The summed E-state index contributed by atoms with van der Waals surface area (Å²) in [5.74, 6) is -1.04. The van der Waals surface area contributed by atoms with Crippen molar-refractivity contribution in [3.63, 3.8) is 0 Å². The van der Waals surface area contributed by atoms with Gasteiger partial charge in [-0.1, -0.05) is 215 Å². The van der Waals surface area contributed by atoms with Crippen molar-refractivity contribution in [2.24, 2.45) is 0 Å². The first-order chi connectivity index (χ1) is 42.3. The molecule has 0 radical (unpaired) electrons. The number of nitrogens with zero attached hydrogens (tertiary/aromatic N) is 3. The van der Waals surface area contributed by atoms with Gasteiger partial charge in [0.2, 0.25) is 0 Å². The zero-order valence-electron chi connectivity index (χ0n) is 51.6. The molecule has 9 aromatic carbocycles. The van der Waals surface area contributed by atoms with Crippen molar-refractivity contribution < 1.29 is 19.4 Å². The first kappa shape index (κ1) is 63.6. The van der Waals surface area contributed by atoms with Gasteiger partial charge in [-0.15, -0.1) is 0 Å². The molecule has 0 aliphatic rings. The molecular weight excluding hydrogens is 1090 g/mol. The van der Waals surface area contributed by atoms with Crippen LogP contribution in [0.15, 0.2) is 251 Å². The van der Waals surface area contributed by atoms with Gasteiger partial charge in [-0.2, -0.15) is 0 Å². The highest BCUT2D eigenvalue weighted by Gasteiger charge is 2.15. The molecule has 12 rings (SSSR count). The monoisotopic (exact) mass is 1170 g/mol. The predicted molar refractivity (Wildman–Crippen MR) is 362 cm³/mol. The Bertz CT molecular complexity index is 4130. The topological polar surface area (TPSA) is 130 Å². The summed E-state index contributed by atoms with van der Waals surface area (Å²) in [4.78, 5) is 58.5. The summed E-state index contributed by atoms with van der Waals surface area (Å²) < 4.78 is 10.1. The van der Waals surface area contributed by atoms with E-state index in [4.69, 9.17) is 9.90 Å². The number of carboxylic acids is 1. The molecule has 0 saturated carbocycles. The molecule has 12 aromatic rings. The lowest BCUT2D eigenvalue weighted by Crippen LogP contribution is -2.22. The molecule has 88 heavy (non-hydrogen) atoms. The highest BCUT2D eigenvalue weighted by atomic mass is 16.5. The molecule has 3 aromatic heterocycles. The fraction of sp³-hybridized carbons (Fsp3) is 0.167. The van der Waals surface area contributed by atoms with Crippen LogP contribution in [-0.4, -0.2) is 37.4 Å². The number of hydrogen-bond acceptors (Lipinski definition) is 6. The molecule has 0 atom stereocenters. The van der Waals surface area contributed by atoms with E-state index >= 15 is 0 Å². The van der Waals surface area contributed by atoms with Crippen LogP contribution in [0.3, 0.4) is 0 Å². The SMILES string of the molecule is CC(=O)O.CCOC(C)=O.Cc1ccc(Cn2c(-c3cccc(C)c3)cc3ccccc3c2=O)cc1.Cc1ccc(Cn2c(-c3cccc(C)c3)cc3ccccc3c2=O)cc1.Cc1ccc(Cn2c(-c3cccc(C)c3)cc3ccccc3c2=O)cc1. The number of carboxylic acid groups (broad SMARTS) is 1. The van der Waals surface area contributed by atoms with Crippen molar-refractivity contribution in [1.29, 1.82) is 0 Å². The van der Waals surface area contributed by atoms with Crippen molar-refractivity contribution in [3.8, 4) is 33.8 Å². The van der Waals surface area contributed by atoms with E-state index in [-0.39, 0.29) is 22.6 Å². The number of rotatable bonds is 10. The van der Waals surface area contributed by atoms with E-state index in [1.807, 2.05) is 105 Å². The van der Waals surface area contributed by atoms with E-state index in [0.717, 1.165) is 89.7 Å². The largest absolute Gasteiger partial charge is 0.481 e. The van der Waals surface area contributed by atoms with Crippen molar-refractivity contribution in [2.75, 3.05) is 6.61 Å². The maximum atomic E-state index is 13.2. The third-order valence-electron chi connectivity index (χ3n) is 14.7. The quantitative estimate of drug-likeness (QED) is 0.135. The molecule has 0 fully saturated rings. The number of carbonyl (C=O) groups is 2. The molecule has 0 saturated heterocycles. The van der Waals surface area contributed by atoms with Gasteiger partial charge in [-0.25, -0.2) is 0 Å². The molecule has 0 spiro atoms. The van der Waals surface area contributed by atoms with E-state index in [1.54, 1.807) is 6.92 Å². The number of esters is 1. The van der Waals surface area contributed by atoms with Crippen molar-refractivity contribution in [2.45, 2.75) is 81.9 Å². The summed E-state index contributed by atoms with van der Waals surface area (Å²) in [7, 11) is 0. The Morgan fingerprint density at radius 3 is 0.841 bits per heavy atom. The molecule has 10 nitrogen and oxygen atoms in total. The minimum atomic E-state index is -0.833. The Labute approximate surface area is 514 Å². The van der Waals surface area contributed by atoms with Gasteiger partial charge in [-0.3, -0.25) is 24.0 Å². The van der Waals surface area contributed by atoms with Crippen LogP contribution >= 0.6 is 0 Å². The summed E-state index contributed by atoms with van der Waals surface area (Å²) in [5, 5.41) is 12.6. The number of carbonyl (C=O) groups excluding carboxylic acids is 1. The number of ether oxygens (including phenoxy) is 1. The number of benzene rings is 9. The second-order valence-electron chi connectivity index (χ2n) is 22.0. The fourth-order valence-corrected chi connectivity index (χ4v) is 10.3. The van der Waals surface area contributed by atoms with Gasteiger partial charge in [0.25, 0.3) is 22.6 Å². The van der Waals surface area contributed by atoms with Gasteiger partial charge < -0.3 is 23.5 Å². The number of aliphatic carboxylic acids is 1. The molecular formula is C78H75N3O7. The number of hydrogen-bond donors (Lipinski definition) is 1. The Hall–Kier alpha value is -10.5. The van der Waals surface area contributed by atoms with Crippen LogP contribution in [0.2, 0.25) is 0 Å². The lowest BCUT2D eigenvalue weighted by atomic mass is 10.0. The van der Waals surface area contributed by atoms with Crippen LogP contribution in [0.4, 0.5) is 0 Å². The normalized spacial score (nSPS) is 10.6. The zero-order chi connectivity index (χ0) is 62.9. The maximum Gasteiger partial charge on any atom is 0.302 e. The third-order valence-corrected chi connectivity index (χ3v) is 14.7. The average Bonchev–Trinajstić information content (AvgIpc) is 0.984. The van der Waals surface area contributed by atoms with Crippen LogP contribution in [0.25, 0.3) is 66.1 Å². The van der Waals surface area contributed by atoms with E-state index in [0.29, 0.717) is 26.2 Å². The van der Waals surface area contributed by atoms with E-state index < -0.39 is 5.97 Å². The van der Waals surface area contributed by atoms with Gasteiger partial charge in [0.1, 0.15) is 0 Å². The molecule has 10 heteroatoms. The van der Waals surface area contributed by atoms with Gasteiger partial charge in [0.05, 0.1) is 43.3 Å². The van der Waals surface area contributed by atoms with Crippen molar-refractivity contribution in [3.05, 3.63) is 318 Å². The molecule has 444 valence electrons. The van der Waals surface area contributed by atoms with Crippen LogP contribution < -0.4 is 16.7 Å². The Kier molecular flexibility index (Phi) is 21.7. The Morgan fingerprint density at radius 1 is 0.352 bits per heavy atom. The van der Waals surface area contributed by atoms with Gasteiger partial charge >= 0.3 is 5.97 Å². The minimum Gasteiger partial charge on any atom is -0.481 e. The number of pyridine rings is 3. The first-order valence-corrected chi connectivity index (χ1v) is 29.4. The highest BCUT2D eigenvalue weighted by molar-refractivity contribution is 5.87. The van der Waals surface area contributed by atoms with Crippen LogP contribution in [0.5, 0.6) is 0 Å². The average molecular weight is 1170 g/mol. The third kappa shape index (κ3) is 16.9. The van der Waals surface area contributed by atoms with Gasteiger partial charge in [-0.05, 0) is 153 Å². The molecule has 0 aliphatic carbocycles. The van der Waals surface area contributed by atoms with Crippen molar-refractivity contribution >= 4 is 44.3 Å². The van der Waals surface area contributed by atoms with Crippen LogP contribution in [0.1, 0.15) is 70.8 Å². The molecule has 0 bridgehead atoms. The summed E-state index contributed by atoms with van der Waals surface area (Å²) in [6.45, 7) is 18.9. The summed E-state index contributed by atoms with van der Waals surface area (Å²) in [5.41, 5.74) is 16.8. The summed E-state index contributed by atoms with van der Waals surface area (Å²) in [6.07, 6.45) is 0. The van der Waals surface area contributed by atoms with E-state index in [9.17, 15) is 19.2 Å². The Balaban J connectivity index is 0.000000158. The summed E-state index contributed by atoms with van der Waals surface area (Å²) >= 11 is 0. The van der Waals surface area contributed by atoms with E-state index in [2.05, 4.69) is 192 Å². The lowest BCUT2D eigenvalue weighted by molar-refractivity contribution is -0.140. The highest BCUT2D eigenvalue weighted by Crippen LogP contribution is 2.28. The predicted octanol–water partition coefficient (Wildman–Crippen LogP) is 16.7. The maximum absolute atomic E-state index is 13.2. The minimum absolute atomic E-state index is 0.0557. The molecule has 0 amide bonds. The molecule has 0 unspecified atom stereocenters. The smallest absolute Gasteiger partial charge is 0.302 e. The Morgan fingerprint density at radius 2 is 0.614 bits per heavy atom. The number of fused-ring (bicyclic) bond motifs is 3. The second kappa shape index (κ2) is 30.1. The van der Waals surface area contributed by atoms with E-state index in [1.165, 1.54) is 40.3 Å². The first-order valence-electron chi connectivity index (χ1n) is 29.4. The second-order valence-corrected chi connectivity index (χ2v) is 22.0. The molecule has 0 aliphatic heterocycles. The standard InChI is InChI=1S/3C24H21NO.C4H8O2.C2H4O2/c3*1-17-10-12-19(13-11-17)16-25-23(21-8-5-6-18(2)14-21)15-20-7-3-4-9-22(20)24(25)26;1-3-6-4(2)5;1-2(3)4/h3*3-15H,16H2,1-2H3;3H2,1-2H3;1H3,(H,3,4). The zero-order valence-corrected chi connectivity index (χ0v) is 51.6. The van der Waals surface area contributed by atoms with Crippen LogP contribution in [0, 0.1) is 41.5 Å². The van der Waals surface area contributed by atoms with Gasteiger partial charge in [0, 0.05) is 30.0 Å². The fourth-order valence-electron chi connectivity index (χ4n) is 10.3. The van der Waals surface area contributed by atoms with Gasteiger partial charge in [0.15, 0.2) is 0 Å². The molecule has 1 N–H and O–H groups in total.